The molecule has 0 bridgehead atoms. The Bertz CT molecular complexity index is 379. The lowest BCUT2D eigenvalue weighted by atomic mass is 9.86. The third-order valence-electron chi connectivity index (χ3n) is 4.05. The molecule has 0 saturated heterocycles. The van der Waals surface area contributed by atoms with E-state index < -0.39 is 0 Å². The maximum absolute atomic E-state index is 9.96. The topological polar surface area (TPSA) is 32.3 Å². The average molecular weight is 326 g/mol. The highest BCUT2D eigenvalue weighted by atomic mass is 79.9. The summed E-state index contributed by atoms with van der Waals surface area (Å²) >= 11 is 3.46. The minimum absolute atomic E-state index is 0.0962. The molecule has 106 valence electrons. The Hall–Kier alpha value is -0.380. The minimum Gasteiger partial charge on any atom is -0.393 e. The minimum atomic E-state index is -0.0962. The lowest BCUT2D eigenvalue weighted by Crippen LogP contribution is -2.38. The first-order chi connectivity index (χ1) is 9.15. The Morgan fingerprint density at radius 3 is 2.63 bits per heavy atom. The zero-order valence-electron chi connectivity index (χ0n) is 11.6. The molecule has 1 fully saturated rings. The summed E-state index contributed by atoms with van der Waals surface area (Å²) in [6, 6.07) is 8.96. The van der Waals surface area contributed by atoms with Gasteiger partial charge in [0, 0.05) is 17.1 Å². The molecule has 0 spiro atoms. The predicted octanol–water partition coefficient (Wildman–Crippen LogP) is 3.52. The molecule has 2 rings (SSSR count). The van der Waals surface area contributed by atoms with Gasteiger partial charge < -0.3 is 10.4 Å². The van der Waals surface area contributed by atoms with Crippen molar-refractivity contribution in [3.05, 3.63) is 34.3 Å². The Morgan fingerprint density at radius 2 is 1.95 bits per heavy atom. The van der Waals surface area contributed by atoms with E-state index in [4.69, 9.17) is 0 Å². The molecular weight excluding hydrogens is 302 g/mol. The van der Waals surface area contributed by atoms with Crippen LogP contribution in [0.2, 0.25) is 0 Å². The van der Waals surface area contributed by atoms with Crippen LogP contribution in [0.25, 0.3) is 0 Å². The highest BCUT2D eigenvalue weighted by Crippen LogP contribution is 2.23. The van der Waals surface area contributed by atoms with Crippen LogP contribution in [0.4, 0.5) is 0 Å². The van der Waals surface area contributed by atoms with Crippen molar-refractivity contribution in [2.24, 2.45) is 5.92 Å². The molecule has 3 heteroatoms. The van der Waals surface area contributed by atoms with Crippen LogP contribution in [0.1, 0.15) is 38.2 Å². The van der Waals surface area contributed by atoms with E-state index in [2.05, 4.69) is 52.4 Å². The fourth-order valence-corrected chi connectivity index (χ4v) is 3.09. The van der Waals surface area contributed by atoms with Gasteiger partial charge in [0.1, 0.15) is 0 Å². The first-order valence-corrected chi connectivity index (χ1v) is 8.10. The lowest BCUT2D eigenvalue weighted by molar-refractivity contribution is 0.0684. The van der Waals surface area contributed by atoms with Crippen molar-refractivity contribution in [3.8, 4) is 0 Å². The van der Waals surface area contributed by atoms with Crippen LogP contribution in [-0.2, 0) is 6.42 Å². The third kappa shape index (κ3) is 4.90. The zero-order valence-corrected chi connectivity index (χ0v) is 13.2. The van der Waals surface area contributed by atoms with Gasteiger partial charge in [-0.1, -0.05) is 40.9 Å². The van der Waals surface area contributed by atoms with E-state index in [0.717, 1.165) is 23.9 Å². The molecule has 0 aromatic heterocycles. The highest BCUT2D eigenvalue weighted by Gasteiger charge is 2.22. The first kappa shape index (κ1) is 15.0. The number of rotatable bonds is 5. The molecule has 3 atom stereocenters. The van der Waals surface area contributed by atoms with Crippen molar-refractivity contribution >= 4 is 15.9 Å². The van der Waals surface area contributed by atoms with E-state index in [1.165, 1.54) is 24.8 Å². The van der Waals surface area contributed by atoms with E-state index in [-0.39, 0.29) is 6.10 Å². The second-order valence-electron chi connectivity index (χ2n) is 5.75. The van der Waals surface area contributed by atoms with Crippen LogP contribution < -0.4 is 5.32 Å². The van der Waals surface area contributed by atoms with Crippen LogP contribution in [-0.4, -0.2) is 23.8 Å². The van der Waals surface area contributed by atoms with Gasteiger partial charge in [-0.2, -0.15) is 0 Å². The maximum atomic E-state index is 9.96. The summed E-state index contributed by atoms with van der Waals surface area (Å²) < 4.78 is 1.13. The van der Waals surface area contributed by atoms with Gasteiger partial charge in [-0.05, 0) is 49.8 Å². The van der Waals surface area contributed by atoms with Crippen molar-refractivity contribution in [3.63, 3.8) is 0 Å². The average Bonchev–Trinajstić information content (AvgIpc) is 2.40. The van der Waals surface area contributed by atoms with Gasteiger partial charge >= 0.3 is 0 Å². The summed E-state index contributed by atoms with van der Waals surface area (Å²) in [6.07, 6.45) is 5.54. The van der Waals surface area contributed by atoms with Crippen molar-refractivity contribution < 1.29 is 5.11 Å². The number of nitrogens with one attached hydrogen (secondary N) is 1. The number of halogens is 1. The van der Waals surface area contributed by atoms with Crippen molar-refractivity contribution in [2.75, 3.05) is 6.54 Å². The second-order valence-corrected chi connectivity index (χ2v) is 6.67. The summed E-state index contributed by atoms with van der Waals surface area (Å²) in [6.45, 7) is 3.16. The smallest absolute Gasteiger partial charge is 0.0580 e. The van der Waals surface area contributed by atoms with Crippen molar-refractivity contribution in [1.29, 1.82) is 0 Å². The normalized spacial score (nSPS) is 25.2. The van der Waals surface area contributed by atoms with Gasteiger partial charge in [0.15, 0.2) is 0 Å². The van der Waals surface area contributed by atoms with Crippen molar-refractivity contribution in [2.45, 2.75) is 51.2 Å². The van der Waals surface area contributed by atoms with Crippen LogP contribution in [0, 0.1) is 5.92 Å². The predicted molar refractivity (Wildman–Crippen MR) is 83.3 cm³/mol. The third-order valence-corrected chi connectivity index (χ3v) is 4.58. The molecule has 0 amide bonds. The van der Waals surface area contributed by atoms with Gasteiger partial charge in [0.25, 0.3) is 0 Å². The molecule has 2 N–H and O–H groups in total. The van der Waals surface area contributed by atoms with E-state index in [0.29, 0.717) is 12.0 Å². The molecule has 0 radical (unpaired) electrons. The Labute approximate surface area is 124 Å². The summed E-state index contributed by atoms with van der Waals surface area (Å²) in [7, 11) is 0. The summed E-state index contributed by atoms with van der Waals surface area (Å²) in [5, 5.41) is 13.5. The molecular formula is C16H24BrNO. The van der Waals surface area contributed by atoms with Gasteiger partial charge in [-0.15, -0.1) is 0 Å². The SMILES string of the molecule is CC(Cc1ccc(Br)cc1)NCC1CCCCC1O. The Balaban J connectivity index is 1.74. The molecule has 2 nitrogen and oxygen atoms in total. The highest BCUT2D eigenvalue weighted by molar-refractivity contribution is 9.10. The molecule has 1 aliphatic rings. The second kappa shape index (κ2) is 7.41. The fourth-order valence-electron chi connectivity index (χ4n) is 2.82. The summed E-state index contributed by atoms with van der Waals surface area (Å²) in [5.41, 5.74) is 1.35. The van der Waals surface area contributed by atoms with Gasteiger partial charge in [0.2, 0.25) is 0 Å². The van der Waals surface area contributed by atoms with E-state index in [9.17, 15) is 5.11 Å². The van der Waals surface area contributed by atoms with Crippen LogP contribution >= 0.6 is 15.9 Å². The number of aliphatic hydroxyl groups excluding tert-OH is 1. The molecule has 0 aliphatic heterocycles. The molecule has 3 unspecified atom stereocenters. The van der Waals surface area contributed by atoms with Crippen molar-refractivity contribution in [1.82, 2.24) is 5.32 Å². The molecule has 0 heterocycles. The van der Waals surface area contributed by atoms with Crippen LogP contribution in [0.15, 0.2) is 28.7 Å². The molecule has 1 saturated carbocycles. The molecule has 1 aromatic rings. The monoisotopic (exact) mass is 325 g/mol. The van der Waals surface area contributed by atoms with Gasteiger partial charge in [0.05, 0.1) is 6.10 Å². The van der Waals surface area contributed by atoms with E-state index in [1.54, 1.807) is 0 Å². The largest absolute Gasteiger partial charge is 0.393 e. The standard InChI is InChI=1S/C16H24BrNO/c1-12(10-13-6-8-15(17)9-7-13)18-11-14-4-2-3-5-16(14)19/h6-9,12,14,16,18-19H,2-5,10-11H2,1H3. The Kier molecular flexibility index (Phi) is 5.86. The maximum Gasteiger partial charge on any atom is 0.0580 e. The molecule has 1 aromatic carbocycles. The Morgan fingerprint density at radius 1 is 1.26 bits per heavy atom. The van der Waals surface area contributed by atoms with Gasteiger partial charge in [-0.25, -0.2) is 0 Å². The lowest BCUT2D eigenvalue weighted by Gasteiger charge is -2.29. The van der Waals surface area contributed by atoms with Crippen LogP contribution in [0.5, 0.6) is 0 Å². The van der Waals surface area contributed by atoms with Gasteiger partial charge in [-0.3, -0.25) is 0 Å². The number of hydrogen-bond acceptors (Lipinski definition) is 2. The fraction of sp³-hybridized carbons (Fsp3) is 0.625. The van der Waals surface area contributed by atoms with Crippen LogP contribution in [0.3, 0.4) is 0 Å². The number of hydrogen-bond donors (Lipinski definition) is 2. The quantitative estimate of drug-likeness (QED) is 0.868. The van der Waals surface area contributed by atoms with E-state index in [1.807, 2.05) is 0 Å². The number of benzene rings is 1. The molecule has 19 heavy (non-hydrogen) atoms. The summed E-state index contributed by atoms with van der Waals surface area (Å²) in [4.78, 5) is 0. The van der Waals surface area contributed by atoms with E-state index >= 15 is 0 Å². The molecule has 1 aliphatic carbocycles. The zero-order chi connectivity index (χ0) is 13.7. The number of aliphatic hydroxyl groups is 1. The summed E-state index contributed by atoms with van der Waals surface area (Å²) in [5.74, 6) is 0.445. The first-order valence-electron chi connectivity index (χ1n) is 7.31.